The molecule has 0 spiro atoms. The van der Waals surface area contributed by atoms with Gasteiger partial charge in [0.2, 0.25) is 0 Å². The molecule has 90 valence electrons. The summed E-state index contributed by atoms with van der Waals surface area (Å²) >= 11 is 1.45. The summed E-state index contributed by atoms with van der Waals surface area (Å²) in [6.07, 6.45) is 2.45. The Kier molecular flexibility index (Phi) is 6.56. The zero-order valence-corrected chi connectivity index (χ0v) is 10.9. The van der Waals surface area contributed by atoms with E-state index in [9.17, 15) is 10.1 Å². The summed E-state index contributed by atoms with van der Waals surface area (Å²) in [5.74, 6) is 0. The second-order valence-corrected chi connectivity index (χ2v) is 3.70. The van der Waals surface area contributed by atoms with E-state index in [1.807, 2.05) is 27.0 Å². The quantitative estimate of drug-likeness (QED) is 0.381. The van der Waals surface area contributed by atoms with E-state index in [0.717, 1.165) is 4.90 Å². The van der Waals surface area contributed by atoms with Crippen molar-refractivity contribution in [3.63, 3.8) is 0 Å². The van der Waals surface area contributed by atoms with E-state index in [0.29, 0.717) is 17.7 Å². The lowest BCUT2D eigenvalue weighted by Crippen LogP contribution is -2.00. The highest BCUT2D eigenvalue weighted by Crippen LogP contribution is 2.30. The van der Waals surface area contributed by atoms with E-state index in [-0.39, 0.29) is 10.6 Å². The molecule has 0 unspecified atom stereocenters. The number of nitrogens with two attached hydrogens (primary N) is 1. The van der Waals surface area contributed by atoms with Gasteiger partial charge >= 0.3 is 0 Å². The molecule has 1 aromatic carbocycles. The predicted octanol–water partition coefficient (Wildman–Crippen LogP) is 3.49. The van der Waals surface area contributed by atoms with Crippen molar-refractivity contribution in [3.05, 3.63) is 27.8 Å². The van der Waals surface area contributed by atoms with E-state index in [2.05, 4.69) is 0 Å². The summed E-state index contributed by atoms with van der Waals surface area (Å²) in [7, 11) is 0. The number of hydrogen-bond donors (Lipinski definition) is 1. The van der Waals surface area contributed by atoms with Crippen molar-refractivity contribution in [2.45, 2.75) is 32.1 Å². The normalized spacial score (nSPS) is 9.25. The number of thioether (sulfide) groups is 1. The minimum absolute atomic E-state index is 0.122. The van der Waals surface area contributed by atoms with Gasteiger partial charge in [0.05, 0.1) is 10.5 Å². The second kappa shape index (κ2) is 7.11. The van der Waals surface area contributed by atoms with Crippen molar-refractivity contribution in [3.8, 4) is 0 Å². The molecule has 0 fully saturated rings. The van der Waals surface area contributed by atoms with Crippen LogP contribution in [-0.4, -0.2) is 11.2 Å². The molecule has 5 heteroatoms. The van der Waals surface area contributed by atoms with Crippen LogP contribution in [0.4, 0.5) is 11.4 Å². The maximum absolute atomic E-state index is 10.7. The van der Waals surface area contributed by atoms with Gasteiger partial charge in [-0.1, -0.05) is 20.8 Å². The highest BCUT2D eigenvalue weighted by molar-refractivity contribution is 7.98. The number of nitro groups is 1. The third-order valence-electron chi connectivity index (χ3n) is 2.02. The monoisotopic (exact) mass is 242 g/mol. The Morgan fingerprint density at radius 1 is 1.44 bits per heavy atom. The van der Waals surface area contributed by atoms with Crippen molar-refractivity contribution >= 4 is 23.1 Å². The lowest BCUT2D eigenvalue weighted by molar-refractivity contribution is -0.385. The smallest absolute Gasteiger partial charge is 0.275 e. The molecular weight excluding hydrogens is 224 g/mol. The maximum atomic E-state index is 10.7. The average Bonchev–Trinajstić information content (AvgIpc) is 2.30. The topological polar surface area (TPSA) is 69.2 Å². The molecule has 0 atom stereocenters. The van der Waals surface area contributed by atoms with Gasteiger partial charge in [0, 0.05) is 16.6 Å². The van der Waals surface area contributed by atoms with Crippen LogP contribution in [0.3, 0.4) is 0 Å². The largest absolute Gasteiger partial charge is 0.398 e. The molecule has 0 aliphatic carbocycles. The summed E-state index contributed by atoms with van der Waals surface area (Å²) in [6.45, 7) is 5.86. The summed E-state index contributed by atoms with van der Waals surface area (Å²) in [5, 5.41) is 10.7. The van der Waals surface area contributed by atoms with Crippen LogP contribution in [0.15, 0.2) is 17.0 Å². The molecule has 0 amide bonds. The Labute approximate surface area is 100 Å². The predicted molar refractivity (Wildman–Crippen MR) is 70.0 cm³/mol. The van der Waals surface area contributed by atoms with Crippen molar-refractivity contribution < 1.29 is 4.92 Å². The van der Waals surface area contributed by atoms with Gasteiger partial charge in [-0.15, -0.1) is 11.8 Å². The van der Waals surface area contributed by atoms with Crippen molar-refractivity contribution in [2.24, 2.45) is 0 Å². The first kappa shape index (κ1) is 14.8. The molecule has 0 heterocycles. The maximum Gasteiger partial charge on any atom is 0.275 e. The lowest BCUT2D eigenvalue weighted by atomic mass is 10.1. The third kappa shape index (κ3) is 3.41. The Balaban J connectivity index is 0.00000106. The van der Waals surface area contributed by atoms with Crippen molar-refractivity contribution in [1.82, 2.24) is 0 Å². The molecule has 0 bridgehead atoms. The lowest BCUT2D eigenvalue weighted by Gasteiger charge is -2.06. The van der Waals surface area contributed by atoms with E-state index in [1.165, 1.54) is 11.8 Å². The second-order valence-electron chi connectivity index (χ2n) is 2.82. The SMILES string of the molecule is CC.CCc1c(N)cc(SC)cc1[N+](=O)[O-]. The molecule has 1 aromatic rings. The summed E-state index contributed by atoms with van der Waals surface area (Å²) in [4.78, 5) is 11.2. The van der Waals surface area contributed by atoms with Gasteiger partial charge < -0.3 is 5.73 Å². The molecular formula is C11H18N2O2S. The van der Waals surface area contributed by atoms with Gasteiger partial charge in [0.25, 0.3) is 5.69 Å². The first-order valence-electron chi connectivity index (χ1n) is 5.21. The standard InChI is InChI=1S/C9H12N2O2S.C2H6/c1-3-7-8(10)4-6(14-2)5-9(7)11(12)13;1-2/h4-5H,3,10H2,1-2H3;1-2H3. The van der Waals surface area contributed by atoms with Crippen LogP contribution in [0.1, 0.15) is 26.3 Å². The van der Waals surface area contributed by atoms with Crippen LogP contribution in [0, 0.1) is 10.1 Å². The zero-order valence-electron chi connectivity index (χ0n) is 10.1. The molecule has 16 heavy (non-hydrogen) atoms. The zero-order chi connectivity index (χ0) is 12.7. The Bertz CT molecular complexity index is 367. The number of anilines is 1. The van der Waals surface area contributed by atoms with E-state index >= 15 is 0 Å². The first-order chi connectivity index (χ1) is 7.60. The number of nitro benzene ring substituents is 1. The third-order valence-corrected chi connectivity index (χ3v) is 2.73. The molecule has 4 nitrogen and oxygen atoms in total. The average molecular weight is 242 g/mol. The molecule has 0 aliphatic heterocycles. The highest BCUT2D eigenvalue weighted by Gasteiger charge is 2.16. The molecule has 0 radical (unpaired) electrons. The molecule has 0 saturated carbocycles. The van der Waals surface area contributed by atoms with Gasteiger partial charge in [-0.3, -0.25) is 10.1 Å². The Morgan fingerprint density at radius 3 is 2.38 bits per heavy atom. The number of hydrogen-bond acceptors (Lipinski definition) is 4. The van der Waals surface area contributed by atoms with Crippen LogP contribution in [0.5, 0.6) is 0 Å². The number of nitrogens with zero attached hydrogens (tertiary/aromatic N) is 1. The van der Waals surface area contributed by atoms with Crippen LogP contribution in [-0.2, 0) is 6.42 Å². The summed E-state index contributed by atoms with van der Waals surface area (Å²) in [6, 6.07) is 3.34. The Morgan fingerprint density at radius 2 is 2.00 bits per heavy atom. The highest BCUT2D eigenvalue weighted by atomic mass is 32.2. The molecule has 0 saturated heterocycles. The van der Waals surface area contributed by atoms with Gasteiger partial charge in [-0.2, -0.15) is 0 Å². The van der Waals surface area contributed by atoms with Gasteiger partial charge in [0.15, 0.2) is 0 Å². The van der Waals surface area contributed by atoms with E-state index < -0.39 is 0 Å². The minimum Gasteiger partial charge on any atom is -0.398 e. The summed E-state index contributed by atoms with van der Waals surface area (Å²) in [5.41, 5.74) is 6.97. The first-order valence-corrected chi connectivity index (χ1v) is 6.43. The molecule has 0 aromatic heterocycles. The molecule has 1 rings (SSSR count). The summed E-state index contributed by atoms with van der Waals surface area (Å²) < 4.78 is 0. The van der Waals surface area contributed by atoms with Gasteiger partial charge in [-0.25, -0.2) is 0 Å². The molecule has 0 aliphatic rings. The van der Waals surface area contributed by atoms with Crippen molar-refractivity contribution in [1.29, 1.82) is 0 Å². The van der Waals surface area contributed by atoms with E-state index in [4.69, 9.17) is 5.73 Å². The number of rotatable bonds is 3. The van der Waals surface area contributed by atoms with Crippen molar-refractivity contribution in [2.75, 3.05) is 12.0 Å². The fourth-order valence-corrected chi connectivity index (χ4v) is 1.79. The fraction of sp³-hybridized carbons (Fsp3) is 0.455. The van der Waals surface area contributed by atoms with E-state index in [1.54, 1.807) is 12.1 Å². The number of benzene rings is 1. The minimum atomic E-state index is -0.380. The van der Waals surface area contributed by atoms with Gasteiger partial charge in [-0.05, 0) is 18.7 Å². The van der Waals surface area contributed by atoms with Crippen LogP contribution >= 0.6 is 11.8 Å². The molecule has 2 N–H and O–H groups in total. The number of nitrogen functional groups attached to an aromatic ring is 1. The van der Waals surface area contributed by atoms with Crippen LogP contribution in [0.2, 0.25) is 0 Å². The van der Waals surface area contributed by atoms with Crippen LogP contribution in [0.25, 0.3) is 0 Å². The van der Waals surface area contributed by atoms with Crippen LogP contribution < -0.4 is 5.73 Å². The van der Waals surface area contributed by atoms with Gasteiger partial charge in [0.1, 0.15) is 0 Å². The fourth-order valence-electron chi connectivity index (χ4n) is 1.32. The Hall–Kier alpha value is -1.23.